The second-order valence-electron chi connectivity index (χ2n) is 4.27. The molecule has 0 bridgehead atoms. The average molecular weight is 246 g/mol. The van der Waals surface area contributed by atoms with E-state index < -0.39 is 0 Å². The average Bonchev–Trinajstić information content (AvgIpc) is 2.48. The Labute approximate surface area is 115 Å². The van der Waals surface area contributed by atoms with Crippen molar-refractivity contribution in [2.75, 3.05) is 0 Å². The lowest BCUT2D eigenvalue weighted by atomic mass is 10.1. The summed E-state index contributed by atoms with van der Waals surface area (Å²) < 4.78 is 0. The summed E-state index contributed by atoms with van der Waals surface area (Å²) in [4.78, 5) is 0. The number of benzene rings is 2. The summed E-state index contributed by atoms with van der Waals surface area (Å²) in [6, 6.07) is 20.8. The number of allylic oxidation sites excluding steroid dienone is 5. The molecule has 0 spiro atoms. The molecular formula is C19H18. The molecule has 0 unspecified atom stereocenters. The van der Waals surface area contributed by atoms with Crippen molar-refractivity contribution in [1.82, 2.24) is 0 Å². The predicted octanol–water partition coefficient (Wildman–Crippen LogP) is 5.05. The molecule has 19 heavy (non-hydrogen) atoms. The fourth-order valence-electron chi connectivity index (χ4n) is 1.76. The Hall–Kier alpha value is -2.34. The third kappa shape index (κ3) is 5.22. The van der Waals surface area contributed by atoms with Gasteiger partial charge in [-0.1, -0.05) is 97.1 Å². The van der Waals surface area contributed by atoms with E-state index in [0.717, 1.165) is 6.42 Å². The molecule has 0 aliphatic carbocycles. The Bertz CT molecular complexity index is 545. The van der Waals surface area contributed by atoms with Gasteiger partial charge < -0.3 is 0 Å². The number of hydrogen-bond donors (Lipinski definition) is 0. The molecule has 0 fully saturated rings. The van der Waals surface area contributed by atoms with E-state index in [1.807, 2.05) is 24.3 Å². The Morgan fingerprint density at radius 2 is 1.26 bits per heavy atom. The molecule has 2 rings (SSSR count). The van der Waals surface area contributed by atoms with Crippen LogP contribution in [0.25, 0.3) is 6.08 Å². The fourth-order valence-corrected chi connectivity index (χ4v) is 1.76. The third-order valence-corrected chi connectivity index (χ3v) is 2.75. The highest BCUT2D eigenvalue weighted by Gasteiger charge is 1.84. The Morgan fingerprint density at radius 1 is 0.632 bits per heavy atom. The van der Waals surface area contributed by atoms with Gasteiger partial charge in [-0.05, 0) is 17.5 Å². The molecule has 0 saturated carbocycles. The molecule has 0 nitrogen and oxygen atoms in total. The summed E-state index contributed by atoms with van der Waals surface area (Å²) in [5, 5.41) is 0. The van der Waals surface area contributed by atoms with Crippen LogP contribution in [0.2, 0.25) is 0 Å². The number of rotatable bonds is 5. The molecule has 0 saturated heterocycles. The molecule has 0 N–H and O–H groups in total. The molecule has 0 radical (unpaired) electrons. The lowest BCUT2D eigenvalue weighted by Gasteiger charge is -1.92. The lowest BCUT2D eigenvalue weighted by molar-refractivity contribution is 1.27. The molecule has 0 aromatic heterocycles. The smallest absolute Gasteiger partial charge is 0.00943 e. The van der Waals surface area contributed by atoms with E-state index in [2.05, 4.69) is 72.9 Å². The molecule has 2 aromatic carbocycles. The highest BCUT2D eigenvalue weighted by atomic mass is 13.9. The summed E-state index contributed by atoms with van der Waals surface area (Å²) in [6.45, 7) is 0. The van der Waals surface area contributed by atoms with Gasteiger partial charge in [-0.25, -0.2) is 0 Å². The van der Waals surface area contributed by atoms with Crippen LogP contribution in [0, 0.1) is 0 Å². The minimum Gasteiger partial charge on any atom is -0.0801 e. The Kier molecular flexibility index (Phi) is 5.44. The Balaban J connectivity index is 1.76. The zero-order chi connectivity index (χ0) is 13.2. The van der Waals surface area contributed by atoms with Crippen LogP contribution in [-0.2, 0) is 6.42 Å². The molecule has 0 heteroatoms. The second kappa shape index (κ2) is 7.88. The van der Waals surface area contributed by atoms with Crippen molar-refractivity contribution in [1.29, 1.82) is 0 Å². The monoisotopic (exact) mass is 246 g/mol. The van der Waals surface area contributed by atoms with Crippen molar-refractivity contribution in [3.05, 3.63) is 102 Å². The zero-order valence-corrected chi connectivity index (χ0v) is 10.9. The third-order valence-electron chi connectivity index (χ3n) is 2.75. The van der Waals surface area contributed by atoms with Crippen LogP contribution in [0.1, 0.15) is 11.1 Å². The zero-order valence-electron chi connectivity index (χ0n) is 10.9. The summed E-state index contributed by atoms with van der Waals surface area (Å²) in [6.07, 6.45) is 13.5. The van der Waals surface area contributed by atoms with Crippen LogP contribution in [0.15, 0.2) is 91.0 Å². The quantitative estimate of drug-likeness (QED) is 0.647. The van der Waals surface area contributed by atoms with E-state index in [9.17, 15) is 0 Å². The van der Waals surface area contributed by atoms with Crippen LogP contribution in [0.3, 0.4) is 0 Å². The maximum atomic E-state index is 2.17. The minimum atomic E-state index is 0.980. The molecule has 0 aliphatic rings. The van der Waals surface area contributed by atoms with Gasteiger partial charge in [-0.15, -0.1) is 0 Å². The molecule has 0 aliphatic heterocycles. The molecule has 0 heterocycles. The van der Waals surface area contributed by atoms with E-state index in [4.69, 9.17) is 0 Å². The molecule has 0 atom stereocenters. The largest absolute Gasteiger partial charge is 0.0801 e. The van der Waals surface area contributed by atoms with Crippen LogP contribution in [0.5, 0.6) is 0 Å². The summed E-state index contributed by atoms with van der Waals surface area (Å²) in [7, 11) is 0. The summed E-state index contributed by atoms with van der Waals surface area (Å²) in [5.74, 6) is 0. The SMILES string of the molecule is C(=C\C=C\c1ccccc1)/C=C/Cc1ccccc1. The van der Waals surface area contributed by atoms with E-state index >= 15 is 0 Å². The standard InChI is InChI=1S/C19H18/c1(2-6-12-18-14-8-4-9-15-18)3-7-13-19-16-10-5-11-17-19/h1-12,14-17H,13H2/b2-1+,7-3+,12-6+. The van der Waals surface area contributed by atoms with Gasteiger partial charge in [0.1, 0.15) is 0 Å². The summed E-state index contributed by atoms with van der Waals surface area (Å²) in [5.41, 5.74) is 2.56. The van der Waals surface area contributed by atoms with Gasteiger partial charge in [0.05, 0.1) is 0 Å². The van der Waals surface area contributed by atoms with Gasteiger partial charge >= 0.3 is 0 Å². The highest BCUT2D eigenvalue weighted by Crippen LogP contribution is 2.01. The van der Waals surface area contributed by atoms with Crippen molar-refractivity contribution < 1.29 is 0 Å². The normalized spacial score (nSPS) is 11.8. The van der Waals surface area contributed by atoms with Gasteiger partial charge in [0.2, 0.25) is 0 Å². The maximum absolute atomic E-state index is 2.17. The minimum absolute atomic E-state index is 0.980. The first kappa shape index (κ1) is 13.1. The van der Waals surface area contributed by atoms with Crippen molar-refractivity contribution in [2.24, 2.45) is 0 Å². The van der Waals surface area contributed by atoms with Gasteiger partial charge in [-0.2, -0.15) is 0 Å². The molecule has 0 amide bonds. The van der Waals surface area contributed by atoms with Crippen LogP contribution >= 0.6 is 0 Å². The number of hydrogen-bond acceptors (Lipinski definition) is 0. The first-order valence-corrected chi connectivity index (χ1v) is 6.54. The second-order valence-corrected chi connectivity index (χ2v) is 4.27. The van der Waals surface area contributed by atoms with Crippen LogP contribution < -0.4 is 0 Å². The van der Waals surface area contributed by atoms with Crippen molar-refractivity contribution >= 4 is 6.08 Å². The molecule has 94 valence electrons. The van der Waals surface area contributed by atoms with Crippen LogP contribution in [-0.4, -0.2) is 0 Å². The Morgan fingerprint density at radius 3 is 2.00 bits per heavy atom. The van der Waals surface area contributed by atoms with Gasteiger partial charge in [-0.3, -0.25) is 0 Å². The van der Waals surface area contributed by atoms with Gasteiger partial charge in [0, 0.05) is 0 Å². The summed E-state index contributed by atoms with van der Waals surface area (Å²) >= 11 is 0. The molecular weight excluding hydrogens is 228 g/mol. The maximum Gasteiger partial charge on any atom is -0.00943 e. The predicted molar refractivity (Wildman–Crippen MR) is 83.9 cm³/mol. The first-order chi connectivity index (χ1) is 9.45. The highest BCUT2D eigenvalue weighted by molar-refractivity contribution is 5.50. The van der Waals surface area contributed by atoms with E-state index in [1.54, 1.807) is 0 Å². The van der Waals surface area contributed by atoms with Gasteiger partial charge in [0.25, 0.3) is 0 Å². The molecule has 2 aromatic rings. The van der Waals surface area contributed by atoms with E-state index in [-0.39, 0.29) is 0 Å². The van der Waals surface area contributed by atoms with Crippen molar-refractivity contribution in [3.63, 3.8) is 0 Å². The van der Waals surface area contributed by atoms with E-state index in [0.29, 0.717) is 0 Å². The van der Waals surface area contributed by atoms with Gasteiger partial charge in [0.15, 0.2) is 0 Å². The van der Waals surface area contributed by atoms with Crippen molar-refractivity contribution in [3.8, 4) is 0 Å². The fraction of sp³-hybridized carbons (Fsp3) is 0.0526. The first-order valence-electron chi connectivity index (χ1n) is 6.54. The lowest BCUT2D eigenvalue weighted by Crippen LogP contribution is -1.77. The van der Waals surface area contributed by atoms with E-state index in [1.165, 1.54) is 11.1 Å². The topological polar surface area (TPSA) is 0 Å². The van der Waals surface area contributed by atoms with Crippen LogP contribution in [0.4, 0.5) is 0 Å². The van der Waals surface area contributed by atoms with Crippen molar-refractivity contribution in [2.45, 2.75) is 6.42 Å².